The molecule has 0 spiro atoms. The van der Waals surface area contributed by atoms with Crippen LogP contribution in [0.2, 0.25) is 5.15 Å². The molecule has 0 fully saturated rings. The lowest BCUT2D eigenvalue weighted by Gasteiger charge is -2.09. The van der Waals surface area contributed by atoms with E-state index in [9.17, 15) is 14.9 Å². The van der Waals surface area contributed by atoms with E-state index in [-0.39, 0.29) is 22.2 Å². The Bertz CT molecular complexity index is 1010. The van der Waals surface area contributed by atoms with Gasteiger partial charge in [-0.1, -0.05) is 23.7 Å². The molecular weight excluding hydrogens is 356 g/mol. The first-order chi connectivity index (χ1) is 12.4. The number of hydrogen-bond acceptors (Lipinski definition) is 5. The van der Waals surface area contributed by atoms with E-state index in [0.29, 0.717) is 12.8 Å². The van der Waals surface area contributed by atoms with Crippen LogP contribution in [0.25, 0.3) is 10.9 Å². The highest BCUT2D eigenvalue weighted by atomic mass is 35.5. The second kappa shape index (κ2) is 7.45. The standard InChI is InChI=1S/C18H15ClN4O3/c1-11(24)21-16-10-17(19)22-15(18(16)23(25)26)7-5-12-4-6-14-13(9-12)3-2-8-20-14/h2-4,6,8-10H,5,7H2,1H3,(H,21,22,24). The van der Waals surface area contributed by atoms with Gasteiger partial charge in [0.15, 0.2) is 0 Å². The van der Waals surface area contributed by atoms with Crippen LogP contribution >= 0.6 is 11.6 Å². The molecule has 0 saturated carbocycles. The van der Waals surface area contributed by atoms with Crippen molar-refractivity contribution in [2.75, 3.05) is 5.32 Å². The van der Waals surface area contributed by atoms with Crippen molar-refractivity contribution in [3.05, 3.63) is 69.1 Å². The summed E-state index contributed by atoms with van der Waals surface area (Å²) in [6, 6.07) is 10.9. The molecule has 1 aromatic carbocycles. The van der Waals surface area contributed by atoms with Crippen LogP contribution < -0.4 is 5.32 Å². The molecule has 0 atom stereocenters. The van der Waals surface area contributed by atoms with Crippen LogP contribution in [0.15, 0.2) is 42.6 Å². The van der Waals surface area contributed by atoms with E-state index in [1.165, 1.54) is 13.0 Å². The van der Waals surface area contributed by atoms with E-state index >= 15 is 0 Å². The molecule has 0 radical (unpaired) electrons. The maximum atomic E-state index is 11.5. The van der Waals surface area contributed by atoms with Crippen LogP contribution in [0, 0.1) is 10.1 Å². The number of fused-ring (bicyclic) bond motifs is 1. The summed E-state index contributed by atoms with van der Waals surface area (Å²) in [5.41, 5.74) is 1.95. The van der Waals surface area contributed by atoms with Crippen LogP contribution in [0.5, 0.6) is 0 Å². The number of nitrogens with zero attached hydrogens (tertiary/aromatic N) is 3. The Morgan fingerprint density at radius 3 is 2.81 bits per heavy atom. The quantitative estimate of drug-likeness (QED) is 0.416. The van der Waals surface area contributed by atoms with E-state index in [1.807, 2.05) is 30.3 Å². The van der Waals surface area contributed by atoms with Gasteiger partial charge in [0.25, 0.3) is 0 Å². The van der Waals surface area contributed by atoms with Crippen molar-refractivity contribution >= 4 is 39.8 Å². The maximum absolute atomic E-state index is 11.5. The molecule has 1 amide bonds. The van der Waals surface area contributed by atoms with E-state index in [1.54, 1.807) is 6.20 Å². The highest BCUT2D eigenvalue weighted by molar-refractivity contribution is 6.29. The average molecular weight is 371 g/mol. The minimum atomic E-state index is -0.547. The largest absolute Gasteiger partial charge is 0.320 e. The summed E-state index contributed by atoms with van der Waals surface area (Å²) in [7, 11) is 0. The summed E-state index contributed by atoms with van der Waals surface area (Å²) in [6.07, 6.45) is 2.58. The lowest BCUT2D eigenvalue weighted by atomic mass is 10.0. The average Bonchev–Trinajstić information content (AvgIpc) is 2.58. The van der Waals surface area contributed by atoms with Gasteiger partial charge in [-0.15, -0.1) is 0 Å². The number of halogens is 1. The Morgan fingerprint density at radius 2 is 2.08 bits per heavy atom. The number of carbonyl (C=O) groups is 1. The molecule has 0 aliphatic carbocycles. The Kier molecular flexibility index (Phi) is 5.09. The van der Waals surface area contributed by atoms with Crippen molar-refractivity contribution < 1.29 is 9.72 Å². The molecule has 1 N–H and O–H groups in total. The van der Waals surface area contributed by atoms with Crippen LogP contribution in [0.1, 0.15) is 18.2 Å². The van der Waals surface area contributed by atoms with Crippen molar-refractivity contribution in [3.8, 4) is 0 Å². The number of aryl methyl sites for hydroxylation is 2. The summed E-state index contributed by atoms with van der Waals surface area (Å²) in [4.78, 5) is 30.6. The number of nitro groups is 1. The van der Waals surface area contributed by atoms with E-state index in [2.05, 4.69) is 15.3 Å². The van der Waals surface area contributed by atoms with Crippen molar-refractivity contribution in [2.24, 2.45) is 0 Å². The van der Waals surface area contributed by atoms with Gasteiger partial charge >= 0.3 is 5.69 Å². The van der Waals surface area contributed by atoms with Gasteiger partial charge in [0.2, 0.25) is 5.91 Å². The number of amides is 1. The second-order valence-electron chi connectivity index (χ2n) is 5.76. The van der Waals surface area contributed by atoms with Gasteiger partial charge in [-0.25, -0.2) is 4.98 Å². The van der Waals surface area contributed by atoms with Gasteiger partial charge in [-0.2, -0.15) is 0 Å². The topological polar surface area (TPSA) is 98.0 Å². The summed E-state index contributed by atoms with van der Waals surface area (Å²) in [5.74, 6) is -0.414. The van der Waals surface area contributed by atoms with E-state index < -0.39 is 10.8 Å². The van der Waals surface area contributed by atoms with Gasteiger partial charge in [0.1, 0.15) is 16.5 Å². The highest BCUT2D eigenvalue weighted by Crippen LogP contribution is 2.31. The van der Waals surface area contributed by atoms with Crippen LogP contribution in [-0.4, -0.2) is 20.8 Å². The third kappa shape index (κ3) is 3.94. The lowest BCUT2D eigenvalue weighted by molar-refractivity contribution is -0.385. The molecular formula is C18H15ClN4O3. The van der Waals surface area contributed by atoms with E-state index in [4.69, 9.17) is 11.6 Å². The second-order valence-corrected chi connectivity index (χ2v) is 6.14. The Morgan fingerprint density at radius 1 is 1.27 bits per heavy atom. The third-order valence-electron chi connectivity index (χ3n) is 3.84. The first-order valence-corrected chi connectivity index (χ1v) is 8.27. The van der Waals surface area contributed by atoms with E-state index in [0.717, 1.165) is 16.5 Å². The first-order valence-electron chi connectivity index (χ1n) is 7.89. The molecule has 7 nitrogen and oxygen atoms in total. The summed E-state index contributed by atoms with van der Waals surface area (Å²) >= 11 is 5.98. The monoisotopic (exact) mass is 370 g/mol. The summed E-state index contributed by atoms with van der Waals surface area (Å²) in [6.45, 7) is 1.28. The smallest absolute Gasteiger partial charge is 0.314 e. The number of rotatable bonds is 5. The summed E-state index contributed by atoms with van der Waals surface area (Å²) in [5, 5.41) is 15.0. The summed E-state index contributed by atoms with van der Waals surface area (Å²) < 4.78 is 0. The van der Waals surface area contributed by atoms with Crippen molar-refractivity contribution in [1.82, 2.24) is 9.97 Å². The van der Waals surface area contributed by atoms with Gasteiger partial charge in [0.05, 0.1) is 10.4 Å². The molecule has 0 aliphatic rings. The minimum Gasteiger partial charge on any atom is -0.320 e. The molecule has 8 heteroatoms. The Labute approximate surface area is 154 Å². The SMILES string of the molecule is CC(=O)Nc1cc(Cl)nc(CCc2ccc3ncccc3c2)c1[N+](=O)[O-]. The van der Waals surface area contributed by atoms with Crippen LogP contribution in [0.3, 0.4) is 0 Å². The van der Waals surface area contributed by atoms with Gasteiger partial charge in [0, 0.05) is 31.0 Å². The number of aromatic nitrogens is 2. The van der Waals surface area contributed by atoms with Crippen molar-refractivity contribution in [2.45, 2.75) is 19.8 Å². The minimum absolute atomic E-state index is 0.0558. The number of pyridine rings is 2. The lowest BCUT2D eigenvalue weighted by Crippen LogP contribution is -2.11. The molecule has 0 bridgehead atoms. The fourth-order valence-electron chi connectivity index (χ4n) is 2.76. The molecule has 2 heterocycles. The number of carbonyl (C=O) groups excluding carboxylic acids is 1. The fraction of sp³-hybridized carbons (Fsp3) is 0.167. The highest BCUT2D eigenvalue weighted by Gasteiger charge is 2.23. The Hall–Kier alpha value is -3.06. The van der Waals surface area contributed by atoms with Gasteiger partial charge in [-0.3, -0.25) is 19.9 Å². The fourth-order valence-corrected chi connectivity index (χ4v) is 2.97. The van der Waals surface area contributed by atoms with Gasteiger partial charge < -0.3 is 5.32 Å². The zero-order valence-corrected chi connectivity index (χ0v) is 14.7. The first kappa shape index (κ1) is 17.8. The number of benzene rings is 1. The third-order valence-corrected chi connectivity index (χ3v) is 4.04. The predicted molar refractivity (Wildman–Crippen MR) is 99.4 cm³/mol. The normalized spacial score (nSPS) is 10.7. The number of anilines is 1. The molecule has 132 valence electrons. The molecule has 2 aromatic heterocycles. The van der Waals surface area contributed by atoms with Crippen LogP contribution in [-0.2, 0) is 17.6 Å². The zero-order chi connectivity index (χ0) is 18.7. The molecule has 0 saturated heterocycles. The predicted octanol–water partition coefficient (Wildman–Crippen LogP) is 3.94. The van der Waals surface area contributed by atoms with Crippen molar-refractivity contribution in [1.29, 1.82) is 0 Å². The number of nitrogens with one attached hydrogen (secondary N) is 1. The molecule has 26 heavy (non-hydrogen) atoms. The number of hydrogen-bond donors (Lipinski definition) is 1. The van der Waals surface area contributed by atoms with Crippen molar-refractivity contribution in [3.63, 3.8) is 0 Å². The molecule has 3 aromatic rings. The van der Waals surface area contributed by atoms with Crippen LogP contribution in [0.4, 0.5) is 11.4 Å². The molecule has 0 aliphatic heterocycles. The maximum Gasteiger partial charge on any atom is 0.314 e. The Balaban J connectivity index is 1.91. The zero-order valence-electron chi connectivity index (χ0n) is 13.9. The molecule has 3 rings (SSSR count). The van der Waals surface area contributed by atoms with Gasteiger partial charge in [-0.05, 0) is 30.2 Å². The molecule has 0 unspecified atom stereocenters.